The molecule has 2 aromatic rings. The summed E-state index contributed by atoms with van der Waals surface area (Å²) in [6.45, 7) is 3.35. The van der Waals surface area contributed by atoms with Gasteiger partial charge in [-0.2, -0.15) is 0 Å². The summed E-state index contributed by atoms with van der Waals surface area (Å²) in [6.07, 6.45) is 3.63. The SMILES string of the molecule is COc1ccc(C)cc1NC(=O)CNC(=O)CSc1ccc(C(=O)N2CCCC2)cn1. The van der Waals surface area contributed by atoms with Crippen LogP contribution in [0.25, 0.3) is 0 Å². The van der Waals surface area contributed by atoms with Gasteiger partial charge in [0.15, 0.2) is 0 Å². The zero-order valence-corrected chi connectivity index (χ0v) is 18.5. The van der Waals surface area contributed by atoms with Gasteiger partial charge in [-0.05, 0) is 49.6 Å². The number of hydrogen-bond donors (Lipinski definition) is 2. The van der Waals surface area contributed by atoms with Crippen LogP contribution in [-0.4, -0.2) is 60.1 Å². The van der Waals surface area contributed by atoms with Crippen LogP contribution in [0.2, 0.25) is 0 Å². The number of methoxy groups -OCH3 is 1. The lowest BCUT2D eigenvalue weighted by Gasteiger charge is -2.14. The average Bonchev–Trinajstić information content (AvgIpc) is 3.31. The number of anilines is 1. The van der Waals surface area contributed by atoms with Crippen molar-refractivity contribution < 1.29 is 19.1 Å². The van der Waals surface area contributed by atoms with E-state index >= 15 is 0 Å². The molecule has 2 heterocycles. The number of rotatable bonds is 8. The maximum absolute atomic E-state index is 12.3. The minimum absolute atomic E-state index is 0.00412. The summed E-state index contributed by atoms with van der Waals surface area (Å²) in [7, 11) is 1.53. The van der Waals surface area contributed by atoms with Crippen molar-refractivity contribution >= 4 is 35.2 Å². The van der Waals surface area contributed by atoms with E-state index in [-0.39, 0.29) is 30.0 Å². The van der Waals surface area contributed by atoms with E-state index in [1.165, 1.54) is 18.9 Å². The predicted molar refractivity (Wildman–Crippen MR) is 119 cm³/mol. The zero-order valence-electron chi connectivity index (χ0n) is 17.6. The van der Waals surface area contributed by atoms with Crippen LogP contribution in [-0.2, 0) is 9.59 Å². The van der Waals surface area contributed by atoms with Crippen molar-refractivity contribution in [3.63, 3.8) is 0 Å². The van der Waals surface area contributed by atoms with Crippen molar-refractivity contribution in [3.05, 3.63) is 47.7 Å². The van der Waals surface area contributed by atoms with Crippen molar-refractivity contribution in [1.29, 1.82) is 0 Å². The van der Waals surface area contributed by atoms with Crippen LogP contribution in [0.5, 0.6) is 5.75 Å². The van der Waals surface area contributed by atoms with Gasteiger partial charge in [0, 0.05) is 19.3 Å². The van der Waals surface area contributed by atoms with Crippen LogP contribution in [0.3, 0.4) is 0 Å². The van der Waals surface area contributed by atoms with Crippen molar-refractivity contribution in [2.24, 2.45) is 0 Å². The minimum atomic E-state index is -0.342. The van der Waals surface area contributed by atoms with E-state index in [2.05, 4.69) is 15.6 Å². The summed E-state index contributed by atoms with van der Waals surface area (Å²) in [5, 5.41) is 5.97. The van der Waals surface area contributed by atoms with Gasteiger partial charge in [-0.25, -0.2) is 4.98 Å². The van der Waals surface area contributed by atoms with E-state index in [0.29, 0.717) is 22.0 Å². The van der Waals surface area contributed by atoms with Crippen LogP contribution in [0.1, 0.15) is 28.8 Å². The molecule has 9 heteroatoms. The maximum atomic E-state index is 12.3. The number of likely N-dealkylation sites (tertiary alicyclic amines) is 1. The third-order valence-corrected chi connectivity index (χ3v) is 5.75. The lowest BCUT2D eigenvalue weighted by atomic mass is 10.2. The van der Waals surface area contributed by atoms with Gasteiger partial charge < -0.3 is 20.3 Å². The van der Waals surface area contributed by atoms with E-state index in [9.17, 15) is 14.4 Å². The number of pyridine rings is 1. The van der Waals surface area contributed by atoms with Crippen LogP contribution < -0.4 is 15.4 Å². The van der Waals surface area contributed by atoms with E-state index in [1.54, 1.807) is 30.5 Å². The molecule has 2 N–H and O–H groups in total. The minimum Gasteiger partial charge on any atom is -0.495 e. The number of thioether (sulfide) groups is 1. The molecule has 31 heavy (non-hydrogen) atoms. The Morgan fingerprint density at radius 3 is 2.58 bits per heavy atom. The maximum Gasteiger partial charge on any atom is 0.255 e. The fourth-order valence-electron chi connectivity index (χ4n) is 3.18. The molecular formula is C22H26N4O4S. The molecule has 1 aliphatic heterocycles. The second kappa shape index (κ2) is 10.8. The number of aryl methyl sites for hydroxylation is 1. The molecule has 0 bridgehead atoms. The Morgan fingerprint density at radius 2 is 1.90 bits per heavy atom. The predicted octanol–water partition coefficient (Wildman–Crippen LogP) is 2.48. The highest BCUT2D eigenvalue weighted by atomic mass is 32.2. The first-order chi connectivity index (χ1) is 15.0. The molecule has 1 fully saturated rings. The highest BCUT2D eigenvalue weighted by molar-refractivity contribution is 7.99. The second-order valence-electron chi connectivity index (χ2n) is 7.20. The first kappa shape index (κ1) is 22.6. The Kier molecular flexibility index (Phi) is 7.88. The topological polar surface area (TPSA) is 101 Å². The Bertz CT molecular complexity index is 943. The Hall–Kier alpha value is -3.07. The number of aromatic nitrogens is 1. The number of ether oxygens (including phenoxy) is 1. The standard InChI is InChI=1S/C22H26N4O4S/c1-15-5-7-18(30-2)17(11-15)25-19(27)13-23-20(28)14-31-21-8-6-16(12-24-21)22(29)26-9-3-4-10-26/h5-8,11-12H,3-4,9-10,13-14H2,1-2H3,(H,23,28)(H,25,27). The molecule has 8 nitrogen and oxygen atoms in total. The Labute approximate surface area is 185 Å². The van der Waals surface area contributed by atoms with Gasteiger partial charge in [0.1, 0.15) is 5.75 Å². The third-order valence-electron chi connectivity index (χ3n) is 4.80. The normalized spacial score (nSPS) is 13.0. The highest BCUT2D eigenvalue weighted by Crippen LogP contribution is 2.25. The fraction of sp³-hybridized carbons (Fsp3) is 0.364. The van der Waals surface area contributed by atoms with Crippen LogP contribution in [0, 0.1) is 6.92 Å². The summed E-state index contributed by atoms with van der Waals surface area (Å²) < 4.78 is 5.23. The van der Waals surface area contributed by atoms with Crippen LogP contribution >= 0.6 is 11.8 Å². The molecule has 164 valence electrons. The van der Waals surface area contributed by atoms with Crippen molar-refractivity contribution in [3.8, 4) is 5.75 Å². The molecular weight excluding hydrogens is 416 g/mol. The van der Waals surface area contributed by atoms with Crippen LogP contribution in [0.4, 0.5) is 5.69 Å². The lowest BCUT2D eigenvalue weighted by molar-refractivity contribution is -0.122. The number of amides is 3. The molecule has 1 saturated heterocycles. The number of carbonyl (C=O) groups excluding carboxylic acids is 3. The van der Waals surface area contributed by atoms with Crippen LogP contribution in [0.15, 0.2) is 41.6 Å². The van der Waals surface area contributed by atoms with E-state index in [0.717, 1.165) is 31.5 Å². The van der Waals surface area contributed by atoms with Crippen molar-refractivity contribution in [2.75, 3.05) is 37.8 Å². The Balaban J connectivity index is 1.42. The third kappa shape index (κ3) is 6.45. The van der Waals surface area contributed by atoms with Gasteiger partial charge in [-0.15, -0.1) is 0 Å². The van der Waals surface area contributed by atoms with Crippen molar-refractivity contribution in [1.82, 2.24) is 15.2 Å². The highest BCUT2D eigenvalue weighted by Gasteiger charge is 2.19. The van der Waals surface area contributed by atoms with Crippen molar-refractivity contribution in [2.45, 2.75) is 24.8 Å². The summed E-state index contributed by atoms with van der Waals surface area (Å²) in [5.74, 6) is 0.0441. The van der Waals surface area contributed by atoms with E-state index < -0.39 is 0 Å². The number of hydrogen-bond acceptors (Lipinski definition) is 6. The molecule has 0 radical (unpaired) electrons. The molecule has 1 aromatic carbocycles. The average molecular weight is 443 g/mol. The molecule has 3 rings (SSSR count). The fourth-order valence-corrected chi connectivity index (χ4v) is 3.85. The summed E-state index contributed by atoms with van der Waals surface area (Å²) >= 11 is 1.25. The molecule has 3 amide bonds. The number of benzene rings is 1. The summed E-state index contributed by atoms with van der Waals surface area (Å²) in [6, 6.07) is 8.93. The molecule has 0 spiro atoms. The van der Waals surface area contributed by atoms with Gasteiger partial charge in [-0.3, -0.25) is 14.4 Å². The van der Waals surface area contributed by atoms with Gasteiger partial charge >= 0.3 is 0 Å². The first-order valence-corrected chi connectivity index (χ1v) is 11.0. The number of nitrogens with one attached hydrogen (secondary N) is 2. The monoisotopic (exact) mass is 442 g/mol. The Morgan fingerprint density at radius 1 is 1.13 bits per heavy atom. The van der Waals surface area contributed by atoms with Gasteiger partial charge in [0.2, 0.25) is 11.8 Å². The number of nitrogens with zero attached hydrogens (tertiary/aromatic N) is 2. The second-order valence-corrected chi connectivity index (χ2v) is 8.20. The smallest absolute Gasteiger partial charge is 0.255 e. The summed E-state index contributed by atoms with van der Waals surface area (Å²) in [4.78, 5) is 42.6. The first-order valence-electron chi connectivity index (χ1n) is 10.1. The van der Waals surface area contributed by atoms with E-state index in [4.69, 9.17) is 4.74 Å². The van der Waals surface area contributed by atoms with Gasteiger partial charge in [-0.1, -0.05) is 17.8 Å². The van der Waals surface area contributed by atoms with Gasteiger partial charge in [0.25, 0.3) is 5.91 Å². The molecule has 0 unspecified atom stereocenters. The molecule has 1 aromatic heterocycles. The molecule has 1 aliphatic rings. The molecule has 0 saturated carbocycles. The quantitative estimate of drug-likeness (QED) is 0.609. The summed E-state index contributed by atoms with van der Waals surface area (Å²) in [5.41, 5.74) is 2.10. The van der Waals surface area contributed by atoms with Gasteiger partial charge in [0.05, 0.1) is 35.7 Å². The number of carbonyl (C=O) groups is 3. The molecule has 0 aliphatic carbocycles. The van der Waals surface area contributed by atoms with E-state index in [1.807, 2.05) is 17.9 Å². The largest absolute Gasteiger partial charge is 0.495 e. The zero-order chi connectivity index (χ0) is 22.2. The molecule has 0 atom stereocenters. The lowest BCUT2D eigenvalue weighted by Crippen LogP contribution is -2.34.